The minimum atomic E-state index is -0.206. The Bertz CT molecular complexity index is 890. The second kappa shape index (κ2) is 8.47. The first-order valence-electron chi connectivity index (χ1n) is 8.52. The maximum Gasteiger partial charge on any atom is 0.210 e. The zero-order chi connectivity index (χ0) is 18.5. The Hall–Kier alpha value is -2.18. The largest absolute Gasteiger partial charge is 0.330 e. The van der Waals surface area contributed by atoms with Gasteiger partial charge in [0.2, 0.25) is 5.13 Å². The first-order chi connectivity index (χ1) is 12.5. The number of anilines is 2. The molecule has 2 aromatic carbocycles. The summed E-state index contributed by atoms with van der Waals surface area (Å²) in [4.78, 5) is 12.6. The fraction of sp³-hybridized carbons (Fsp3) is 0.250. The first-order valence-corrected chi connectivity index (χ1v) is 10.2. The van der Waals surface area contributed by atoms with Gasteiger partial charge in [0.05, 0.1) is 5.25 Å². The number of nitrogens with one attached hydrogen (secondary N) is 1. The third-order valence-electron chi connectivity index (χ3n) is 3.97. The highest BCUT2D eigenvalue weighted by Gasteiger charge is 2.18. The van der Waals surface area contributed by atoms with Gasteiger partial charge in [0.15, 0.2) is 10.1 Å². The van der Waals surface area contributed by atoms with E-state index in [0.717, 1.165) is 27.1 Å². The molecular weight excluding hydrogens is 362 g/mol. The number of hydrogen-bond donors (Lipinski definition) is 1. The number of aromatic nitrogens is 2. The molecule has 6 heteroatoms. The van der Waals surface area contributed by atoms with Gasteiger partial charge in [-0.15, -0.1) is 10.2 Å². The molecule has 0 aliphatic carbocycles. The van der Waals surface area contributed by atoms with Crippen molar-refractivity contribution in [3.63, 3.8) is 0 Å². The fourth-order valence-electron chi connectivity index (χ4n) is 2.50. The van der Waals surface area contributed by atoms with Gasteiger partial charge in [-0.3, -0.25) is 4.79 Å². The number of carbonyl (C=O) groups excluding carboxylic acids is 1. The van der Waals surface area contributed by atoms with Crippen LogP contribution in [0.15, 0.2) is 52.9 Å². The van der Waals surface area contributed by atoms with Crippen molar-refractivity contribution in [2.24, 2.45) is 0 Å². The summed E-state index contributed by atoms with van der Waals surface area (Å²) in [7, 11) is 0. The van der Waals surface area contributed by atoms with E-state index in [-0.39, 0.29) is 11.0 Å². The Morgan fingerprint density at radius 3 is 2.65 bits per heavy atom. The molecule has 1 heterocycles. The normalized spacial score (nSPS) is 12.0. The molecule has 1 atom stereocenters. The third kappa shape index (κ3) is 4.71. The number of ketones is 1. The molecule has 3 rings (SSSR count). The number of rotatable bonds is 7. The van der Waals surface area contributed by atoms with Crippen molar-refractivity contribution >= 4 is 39.7 Å². The van der Waals surface area contributed by atoms with Gasteiger partial charge in [-0.2, -0.15) is 0 Å². The number of thioether (sulfide) groups is 1. The van der Waals surface area contributed by atoms with E-state index in [4.69, 9.17) is 0 Å². The molecule has 0 radical (unpaired) electrons. The number of carbonyl (C=O) groups is 1. The van der Waals surface area contributed by atoms with Crippen LogP contribution in [-0.2, 0) is 6.42 Å². The summed E-state index contributed by atoms with van der Waals surface area (Å²) >= 11 is 2.90. The second-order valence-corrected chi connectivity index (χ2v) is 8.61. The van der Waals surface area contributed by atoms with Gasteiger partial charge in [0.1, 0.15) is 0 Å². The van der Waals surface area contributed by atoms with Gasteiger partial charge in [0, 0.05) is 11.3 Å². The van der Waals surface area contributed by atoms with Crippen LogP contribution in [0.5, 0.6) is 0 Å². The number of hydrogen-bond acceptors (Lipinski definition) is 6. The summed E-state index contributed by atoms with van der Waals surface area (Å²) in [6.07, 6.45) is 0.972. The molecule has 0 spiro atoms. The van der Waals surface area contributed by atoms with Crippen LogP contribution in [0.3, 0.4) is 0 Å². The Kier molecular flexibility index (Phi) is 6.06. The van der Waals surface area contributed by atoms with Gasteiger partial charge in [-0.05, 0) is 43.5 Å². The highest BCUT2D eigenvalue weighted by Crippen LogP contribution is 2.31. The lowest BCUT2D eigenvalue weighted by atomic mass is 10.1. The maximum atomic E-state index is 12.6. The van der Waals surface area contributed by atoms with Crippen molar-refractivity contribution in [1.82, 2.24) is 10.2 Å². The molecule has 4 nitrogen and oxygen atoms in total. The van der Waals surface area contributed by atoms with E-state index >= 15 is 0 Å². The number of aryl methyl sites for hydroxylation is 2. The van der Waals surface area contributed by atoms with Crippen LogP contribution in [0.4, 0.5) is 10.8 Å². The minimum absolute atomic E-state index is 0.112. The van der Waals surface area contributed by atoms with Crippen molar-refractivity contribution in [1.29, 1.82) is 0 Å². The Balaban J connectivity index is 1.63. The molecule has 0 bridgehead atoms. The average Bonchev–Trinajstić information content (AvgIpc) is 3.08. The van der Waals surface area contributed by atoms with Crippen LogP contribution in [-0.4, -0.2) is 21.2 Å². The fourth-order valence-corrected chi connectivity index (χ4v) is 4.49. The van der Waals surface area contributed by atoms with E-state index in [1.807, 2.05) is 56.3 Å². The van der Waals surface area contributed by atoms with Crippen LogP contribution in [0.2, 0.25) is 0 Å². The van der Waals surface area contributed by atoms with E-state index in [0.29, 0.717) is 0 Å². The summed E-state index contributed by atoms with van der Waals surface area (Å²) < 4.78 is 0.784. The number of benzene rings is 2. The SMILES string of the molecule is CCc1ccc(C(=O)[C@H](C)Sc2nnc(Nc3cccc(C)c3)s2)cc1. The zero-order valence-electron chi connectivity index (χ0n) is 15.0. The number of nitrogens with zero attached hydrogens (tertiary/aromatic N) is 2. The summed E-state index contributed by atoms with van der Waals surface area (Å²) in [5.41, 5.74) is 4.14. The van der Waals surface area contributed by atoms with Crippen molar-refractivity contribution in [2.75, 3.05) is 5.32 Å². The zero-order valence-corrected chi connectivity index (χ0v) is 16.7. The molecular formula is C20H21N3OS2. The lowest BCUT2D eigenvalue weighted by molar-refractivity contribution is 0.0994. The van der Waals surface area contributed by atoms with Gasteiger partial charge >= 0.3 is 0 Å². The standard InChI is InChI=1S/C20H21N3OS2/c1-4-15-8-10-16(11-9-15)18(24)14(3)25-20-23-22-19(26-20)21-17-7-5-6-13(2)12-17/h5-12,14H,4H2,1-3H3,(H,21,22)/t14-/m0/s1. The smallest absolute Gasteiger partial charge is 0.210 e. The average molecular weight is 384 g/mol. The number of Topliss-reactive ketones (excluding diaryl/α,β-unsaturated/α-hetero) is 1. The van der Waals surface area contributed by atoms with Crippen LogP contribution >= 0.6 is 23.1 Å². The van der Waals surface area contributed by atoms with Crippen LogP contribution < -0.4 is 5.32 Å². The molecule has 0 aliphatic heterocycles. The van der Waals surface area contributed by atoms with Gasteiger partial charge in [-0.1, -0.05) is 66.4 Å². The van der Waals surface area contributed by atoms with Crippen molar-refractivity contribution in [2.45, 2.75) is 36.8 Å². The Labute approximate surface area is 162 Å². The van der Waals surface area contributed by atoms with E-state index in [1.54, 1.807) is 0 Å². The van der Waals surface area contributed by atoms with Crippen LogP contribution in [0.1, 0.15) is 35.3 Å². The summed E-state index contributed by atoms with van der Waals surface area (Å²) in [6, 6.07) is 15.9. The van der Waals surface area contributed by atoms with E-state index in [1.165, 1.54) is 34.2 Å². The van der Waals surface area contributed by atoms with E-state index in [9.17, 15) is 4.79 Å². The highest BCUT2D eigenvalue weighted by atomic mass is 32.2. The predicted molar refractivity (Wildman–Crippen MR) is 110 cm³/mol. The molecule has 0 saturated carbocycles. The molecule has 26 heavy (non-hydrogen) atoms. The molecule has 1 N–H and O–H groups in total. The van der Waals surface area contributed by atoms with Crippen molar-refractivity contribution in [3.8, 4) is 0 Å². The quantitative estimate of drug-likeness (QED) is 0.430. The lowest BCUT2D eigenvalue weighted by Gasteiger charge is -2.08. The molecule has 0 amide bonds. The lowest BCUT2D eigenvalue weighted by Crippen LogP contribution is -2.13. The first kappa shape index (κ1) is 18.6. The topological polar surface area (TPSA) is 54.9 Å². The Morgan fingerprint density at radius 1 is 1.19 bits per heavy atom. The maximum absolute atomic E-state index is 12.6. The predicted octanol–water partition coefficient (Wildman–Crippen LogP) is 5.52. The molecule has 1 aromatic heterocycles. The molecule has 134 valence electrons. The Morgan fingerprint density at radius 2 is 1.96 bits per heavy atom. The molecule has 0 fully saturated rings. The monoisotopic (exact) mass is 383 g/mol. The minimum Gasteiger partial charge on any atom is -0.330 e. The van der Waals surface area contributed by atoms with Gasteiger partial charge < -0.3 is 5.32 Å². The third-order valence-corrected chi connectivity index (χ3v) is 5.99. The van der Waals surface area contributed by atoms with E-state index < -0.39 is 0 Å². The van der Waals surface area contributed by atoms with Gasteiger partial charge in [0.25, 0.3) is 0 Å². The van der Waals surface area contributed by atoms with Crippen molar-refractivity contribution in [3.05, 3.63) is 65.2 Å². The van der Waals surface area contributed by atoms with Crippen LogP contribution in [0, 0.1) is 6.92 Å². The molecule has 0 saturated heterocycles. The molecule has 0 aliphatic rings. The molecule has 0 unspecified atom stereocenters. The van der Waals surface area contributed by atoms with E-state index in [2.05, 4.69) is 28.5 Å². The summed E-state index contributed by atoms with van der Waals surface area (Å²) in [5, 5.41) is 12.1. The second-order valence-electron chi connectivity index (χ2n) is 6.04. The summed E-state index contributed by atoms with van der Waals surface area (Å²) in [5.74, 6) is 0.112. The summed E-state index contributed by atoms with van der Waals surface area (Å²) in [6.45, 7) is 6.07. The highest BCUT2D eigenvalue weighted by molar-refractivity contribution is 8.02. The van der Waals surface area contributed by atoms with Gasteiger partial charge in [-0.25, -0.2) is 0 Å². The van der Waals surface area contributed by atoms with Crippen molar-refractivity contribution < 1.29 is 4.79 Å². The van der Waals surface area contributed by atoms with Crippen LogP contribution in [0.25, 0.3) is 0 Å². The molecule has 3 aromatic rings.